The van der Waals surface area contributed by atoms with Crippen LogP contribution in [0.4, 0.5) is 0 Å². The fraction of sp³-hybridized carbons (Fsp3) is 0.111. The molecular formula is C9H10N2S2. The van der Waals surface area contributed by atoms with Gasteiger partial charge in [-0.3, -0.25) is 0 Å². The molecule has 0 saturated carbocycles. The number of aryl methyl sites for hydroxylation is 1. The molecule has 0 bridgehead atoms. The van der Waals surface area contributed by atoms with Crippen molar-refractivity contribution in [3.63, 3.8) is 0 Å². The van der Waals surface area contributed by atoms with Crippen molar-refractivity contribution in [1.82, 2.24) is 5.32 Å². The number of rotatable bonds is 1. The van der Waals surface area contributed by atoms with Gasteiger partial charge in [-0.25, -0.2) is 0 Å². The number of benzene rings is 1. The minimum Gasteiger partial charge on any atom is -0.376 e. The third kappa shape index (κ3) is 3.08. The van der Waals surface area contributed by atoms with Crippen molar-refractivity contribution < 1.29 is 0 Å². The molecule has 13 heavy (non-hydrogen) atoms. The standard InChI is InChI=1S/C9H10N2S2/c1-6-2-4-7(5-3-6)8(12)11-9(10)13/h2-5H,1H3,(H3,10,11,12,13). The van der Waals surface area contributed by atoms with E-state index < -0.39 is 0 Å². The molecule has 0 aromatic heterocycles. The van der Waals surface area contributed by atoms with E-state index in [0.717, 1.165) is 5.56 Å². The summed E-state index contributed by atoms with van der Waals surface area (Å²) >= 11 is 9.74. The Kier molecular flexibility index (Phi) is 3.33. The van der Waals surface area contributed by atoms with E-state index in [2.05, 4.69) is 17.5 Å². The molecule has 0 radical (unpaired) electrons. The van der Waals surface area contributed by atoms with Crippen molar-refractivity contribution in [2.24, 2.45) is 5.73 Å². The number of hydrogen-bond acceptors (Lipinski definition) is 2. The van der Waals surface area contributed by atoms with E-state index in [4.69, 9.17) is 18.0 Å². The summed E-state index contributed by atoms with van der Waals surface area (Å²) in [6.45, 7) is 2.02. The fourth-order valence-electron chi connectivity index (χ4n) is 0.889. The van der Waals surface area contributed by atoms with Gasteiger partial charge in [0.05, 0.1) is 0 Å². The van der Waals surface area contributed by atoms with Crippen LogP contribution in [0.5, 0.6) is 0 Å². The molecule has 1 rings (SSSR count). The van der Waals surface area contributed by atoms with Crippen LogP contribution in [0.15, 0.2) is 24.3 Å². The lowest BCUT2D eigenvalue weighted by atomic mass is 10.1. The number of thiocarbonyl (C=S) groups is 2. The second-order valence-corrected chi connectivity index (χ2v) is 3.53. The first-order chi connectivity index (χ1) is 6.09. The largest absolute Gasteiger partial charge is 0.376 e. The quantitative estimate of drug-likeness (QED) is 0.689. The van der Waals surface area contributed by atoms with Gasteiger partial charge in [-0.15, -0.1) is 0 Å². The fourth-order valence-corrected chi connectivity index (χ4v) is 1.30. The van der Waals surface area contributed by atoms with Crippen LogP contribution in [0.1, 0.15) is 11.1 Å². The van der Waals surface area contributed by atoms with Gasteiger partial charge in [0.1, 0.15) is 4.99 Å². The third-order valence-corrected chi connectivity index (χ3v) is 1.99. The Morgan fingerprint density at radius 1 is 1.23 bits per heavy atom. The molecule has 1 aromatic rings. The number of nitrogens with two attached hydrogens (primary N) is 1. The monoisotopic (exact) mass is 210 g/mol. The van der Waals surface area contributed by atoms with Gasteiger partial charge in [0, 0.05) is 5.56 Å². The Balaban J connectivity index is 2.78. The van der Waals surface area contributed by atoms with Crippen molar-refractivity contribution >= 4 is 34.5 Å². The summed E-state index contributed by atoms with van der Waals surface area (Å²) in [5.41, 5.74) is 7.41. The average molecular weight is 210 g/mol. The van der Waals surface area contributed by atoms with Crippen LogP contribution in [-0.4, -0.2) is 10.1 Å². The molecule has 68 valence electrons. The summed E-state index contributed by atoms with van der Waals surface area (Å²) < 4.78 is 0. The maximum Gasteiger partial charge on any atom is 0.168 e. The summed E-state index contributed by atoms with van der Waals surface area (Å²) in [5.74, 6) is 0. The van der Waals surface area contributed by atoms with E-state index >= 15 is 0 Å². The van der Waals surface area contributed by atoms with Crippen LogP contribution in [-0.2, 0) is 0 Å². The Morgan fingerprint density at radius 3 is 2.23 bits per heavy atom. The van der Waals surface area contributed by atoms with Crippen molar-refractivity contribution in [2.75, 3.05) is 0 Å². The smallest absolute Gasteiger partial charge is 0.168 e. The van der Waals surface area contributed by atoms with Crippen LogP contribution < -0.4 is 11.1 Å². The van der Waals surface area contributed by atoms with Crippen LogP contribution >= 0.6 is 24.4 Å². The molecule has 0 aliphatic carbocycles. The summed E-state index contributed by atoms with van der Waals surface area (Å²) in [4.78, 5) is 0.563. The zero-order valence-corrected chi connectivity index (χ0v) is 8.84. The van der Waals surface area contributed by atoms with Crippen LogP contribution in [0, 0.1) is 6.92 Å². The zero-order chi connectivity index (χ0) is 9.84. The summed E-state index contributed by atoms with van der Waals surface area (Å²) in [7, 11) is 0. The van der Waals surface area contributed by atoms with Crippen LogP contribution in [0.3, 0.4) is 0 Å². The molecule has 0 fully saturated rings. The first kappa shape index (κ1) is 10.1. The Morgan fingerprint density at radius 2 is 1.77 bits per heavy atom. The molecule has 0 heterocycles. The van der Waals surface area contributed by atoms with Crippen LogP contribution in [0.25, 0.3) is 0 Å². The molecule has 0 unspecified atom stereocenters. The second kappa shape index (κ2) is 4.30. The first-order valence-corrected chi connectivity index (χ1v) is 4.58. The van der Waals surface area contributed by atoms with E-state index in [-0.39, 0.29) is 5.11 Å². The molecule has 3 N–H and O–H groups in total. The topological polar surface area (TPSA) is 38.0 Å². The number of hydrogen-bond donors (Lipinski definition) is 2. The zero-order valence-electron chi connectivity index (χ0n) is 7.20. The molecular weight excluding hydrogens is 200 g/mol. The molecule has 0 atom stereocenters. The third-order valence-electron chi connectivity index (χ3n) is 1.55. The lowest BCUT2D eigenvalue weighted by molar-refractivity contribution is 1.38. The van der Waals surface area contributed by atoms with Gasteiger partial charge in [0.2, 0.25) is 0 Å². The van der Waals surface area contributed by atoms with Gasteiger partial charge >= 0.3 is 0 Å². The summed E-state index contributed by atoms with van der Waals surface area (Å²) in [5, 5.41) is 2.92. The average Bonchev–Trinajstić information content (AvgIpc) is 2.04. The number of nitrogens with one attached hydrogen (secondary N) is 1. The van der Waals surface area contributed by atoms with E-state index in [1.807, 2.05) is 31.2 Å². The molecule has 1 aromatic carbocycles. The van der Waals surface area contributed by atoms with Gasteiger partial charge in [0.15, 0.2) is 5.11 Å². The predicted octanol–water partition coefficient (Wildman–Crippen LogP) is 1.50. The molecule has 0 aliphatic rings. The highest BCUT2D eigenvalue weighted by Gasteiger charge is 1.99. The molecule has 2 nitrogen and oxygen atoms in total. The van der Waals surface area contributed by atoms with Crippen LogP contribution in [0.2, 0.25) is 0 Å². The van der Waals surface area contributed by atoms with E-state index in [0.29, 0.717) is 4.99 Å². The molecule has 0 amide bonds. The van der Waals surface area contributed by atoms with Crippen molar-refractivity contribution in [3.8, 4) is 0 Å². The Bertz CT molecular complexity index is 330. The van der Waals surface area contributed by atoms with E-state index in [9.17, 15) is 0 Å². The summed E-state index contributed by atoms with van der Waals surface area (Å²) in [6, 6.07) is 7.84. The highest BCUT2D eigenvalue weighted by atomic mass is 32.1. The minimum absolute atomic E-state index is 0.200. The molecule has 0 saturated heterocycles. The van der Waals surface area contributed by atoms with E-state index in [1.54, 1.807) is 0 Å². The Hall–Kier alpha value is -1.00. The molecule has 4 heteroatoms. The normalized spacial score (nSPS) is 9.31. The highest BCUT2D eigenvalue weighted by molar-refractivity contribution is 7.82. The van der Waals surface area contributed by atoms with Crippen molar-refractivity contribution in [2.45, 2.75) is 6.92 Å². The van der Waals surface area contributed by atoms with Crippen molar-refractivity contribution in [3.05, 3.63) is 35.4 Å². The van der Waals surface area contributed by atoms with E-state index in [1.165, 1.54) is 5.56 Å². The van der Waals surface area contributed by atoms with Gasteiger partial charge in [-0.1, -0.05) is 42.0 Å². The predicted molar refractivity (Wildman–Crippen MR) is 62.8 cm³/mol. The second-order valence-electron chi connectivity index (χ2n) is 2.68. The highest BCUT2D eigenvalue weighted by Crippen LogP contribution is 2.03. The van der Waals surface area contributed by atoms with Gasteiger partial charge in [-0.05, 0) is 19.1 Å². The SMILES string of the molecule is Cc1ccc(C(=S)NC(N)=S)cc1. The first-order valence-electron chi connectivity index (χ1n) is 3.77. The maximum absolute atomic E-state index is 5.29. The Labute approximate surface area is 88.1 Å². The van der Waals surface area contributed by atoms with Gasteiger partial charge < -0.3 is 11.1 Å². The maximum atomic E-state index is 5.29. The van der Waals surface area contributed by atoms with Gasteiger partial charge in [-0.2, -0.15) is 0 Å². The lowest BCUT2D eigenvalue weighted by Crippen LogP contribution is -2.33. The van der Waals surface area contributed by atoms with Gasteiger partial charge in [0.25, 0.3) is 0 Å². The minimum atomic E-state index is 0.200. The summed E-state index contributed by atoms with van der Waals surface area (Å²) in [6.07, 6.45) is 0. The molecule has 0 aliphatic heterocycles. The lowest BCUT2D eigenvalue weighted by Gasteiger charge is -2.05. The van der Waals surface area contributed by atoms with Crippen molar-refractivity contribution in [1.29, 1.82) is 0 Å². The molecule has 0 spiro atoms.